The molecule has 0 aliphatic carbocycles. The highest BCUT2D eigenvalue weighted by Gasteiger charge is 2.19. The zero-order valence-electron chi connectivity index (χ0n) is 14.0. The quantitative estimate of drug-likeness (QED) is 0.594. The maximum absolute atomic E-state index is 13.3. The van der Waals surface area contributed by atoms with Crippen LogP contribution in [0.3, 0.4) is 0 Å². The summed E-state index contributed by atoms with van der Waals surface area (Å²) in [5, 5.41) is 9.13. The first kappa shape index (κ1) is 16.2. The summed E-state index contributed by atoms with van der Waals surface area (Å²) in [6.07, 6.45) is 4.95. The number of imidazole rings is 1. The monoisotopic (exact) mass is 353 g/mol. The van der Waals surface area contributed by atoms with Gasteiger partial charge in [0.1, 0.15) is 23.5 Å². The molecule has 3 heterocycles. The Hall–Kier alpha value is -3.26. The molecule has 1 aromatic carbocycles. The molecule has 26 heavy (non-hydrogen) atoms. The number of halogens is 1. The smallest absolute Gasteiger partial charge is 0.306 e. The number of rotatable bonds is 5. The summed E-state index contributed by atoms with van der Waals surface area (Å²) < 4.78 is 20.5. The first-order chi connectivity index (χ1) is 12.7. The standard InChI is InChI=1S/C18H16FN5O2/c1-23(8-10-25)17-20-7-6-14(21-17)16-15(12-2-4-13(19)5-3-12)22-18-24(16)9-11-26-18/h2-7,9,11,25H,8,10H2,1H3. The van der Waals surface area contributed by atoms with E-state index in [4.69, 9.17) is 9.52 Å². The van der Waals surface area contributed by atoms with Crippen LogP contribution in [0.4, 0.5) is 10.3 Å². The summed E-state index contributed by atoms with van der Waals surface area (Å²) in [5.74, 6) is 0.594. The highest BCUT2D eigenvalue weighted by molar-refractivity contribution is 5.79. The van der Waals surface area contributed by atoms with Gasteiger partial charge < -0.3 is 14.4 Å². The Morgan fingerprint density at radius 3 is 2.77 bits per heavy atom. The molecule has 8 heteroatoms. The fourth-order valence-electron chi connectivity index (χ4n) is 2.75. The van der Waals surface area contributed by atoms with Crippen LogP contribution in [0.1, 0.15) is 0 Å². The van der Waals surface area contributed by atoms with Crippen molar-refractivity contribution in [2.45, 2.75) is 0 Å². The molecule has 4 rings (SSSR count). The molecule has 3 aromatic heterocycles. The number of aliphatic hydroxyl groups excluding tert-OH is 1. The van der Waals surface area contributed by atoms with Crippen LogP contribution >= 0.6 is 0 Å². The van der Waals surface area contributed by atoms with Crippen LogP contribution in [0, 0.1) is 5.82 Å². The predicted octanol–water partition coefficient (Wildman–Crippen LogP) is 2.62. The van der Waals surface area contributed by atoms with Gasteiger partial charge in [0.15, 0.2) is 0 Å². The second-order valence-corrected chi connectivity index (χ2v) is 5.76. The molecule has 0 saturated heterocycles. The fraction of sp³-hybridized carbons (Fsp3) is 0.167. The van der Waals surface area contributed by atoms with Crippen molar-refractivity contribution >= 4 is 11.8 Å². The predicted molar refractivity (Wildman–Crippen MR) is 94.2 cm³/mol. The molecule has 0 aliphatic rings. The lowest BCUT2D eigenvalue weighted by molar-refractivity contribution is 0.303. The van der Waals surface area contributed by atoms with Gasteiger partial charge in [0.25, 0.3) is 0 Å². The molecule has 0 atom stereocenters. The van der Waals surface area contributed by atoms with E-state index >= 15 is 0 Å². The van der Waals surface area contributed by atoms with Gasteiger partial charge in [-0.2, -0.15) is 4.98 Å². The van der Waals surface area contributed by atoms with E-state index in [2.05, 4.69) is 15.0 Å². The topological polar surface area (TPSA) is 79.7 Å². The maximum Gasteiger partial charge on any atom is 0.306 e. The number of hydrogen-bond acceptors (Lipinski definition) is 6. The zero-order valence-corrected chi connectivity index (χ0v) is 14.0. The number of oxazole rings is 1. The molecule has 1 N–H and O–H groups in total. The lowest BCUT2D eigenvalue weighted by Crippen LogP contribution is -2.23. The number of fused-ring (bicyclic) bond motifs is 1. The van der Waals surface area contributed by atoms with Gasteiger partial charge in [-0.15, -0.1) is 0 Å². The number of hydrogen-bond donors (Lipinski definition) is 1. The number of aromatic nitrogens is 4. The van der Waals surface area contributed by atoms with Gasteiger partial charge >= 0.3 is 5.84 Å². The van der Waals surface area contributed by atoms with Gasteiger partial charge in [0.05, 0.1) is 12.3 Å². The van der Waals surface area contributed by atoms with Crippen molar-refractivity contribution in [1.82, 2.24) is 19.4 Å². The van der Waals surface area contributed by atoms with E-state index in [1.165, 1.54) is 12.1 Å². The Morgan fingerprint density at radius 1 is 1.19 bits per heavy atom. The third-order valence-electron chi connectivity index (χ3n) is 4.04. The third-order valence-corrected chi connectivity index (χ3v) is 4.04. The normalized spacial score (nSPS) is 11.2. The molecular weight excluding hydrogens is 337 g/mol. The number of anilines is 1. The van der Waals surface area contributed by atoms with Gasteiger partial charge in [-0.1, -0.05) is 0 Å². The lowest BCUT2D eigenvalue weighted by atomic mass is 10.1. The van der Waals surface area contributed by atoms with Crippen LogP contribution in [0.25, 0.3) is 28.5 Å². The van der Waals surface area contributed by atoms with Crippen molar-refractivity contribution in [3.05, 3.63) is 54.8 Å². The molecular formula is C18H16FN5O2. The average molecular weight is 353 g/mol. The van der Waals surface area contributed by atoms with Crippen LogP contribution in [-0.2, 0) is 0 Å². The second-order valence-electron chi connectivity index (χ2n) is 5.76. The van der Waals surface area contributed by atoms with E-state index < -0.39 is 0 Å². The molecule has 132 valence electrons. The summed E-state index contributed by atoms with van der Waals surface area (Å²) in [6.45, 7) is 0.422. The Labute approximate surface area is 148 Å². The Bertz CT molecular complexity index is 1040. The van der Waals surface area contributed by atoms with Gasteiger partial charge in [0.2, 0.25) is 5.95 Å². The summed E-state index contributed by atoms with van der Waals surface area (Å²) >= 11 is 0. The molecule has 7 nitrogen and oxygen atoms in total. The van der Waals surface area contributed by atoms with E-state index in [0.29, 0.717) is 29.7 Å². The number of benzene rings is 1. The van der Waals surface area contributed by atoms with Gasteiger partial charge in [-0.3, -0.25) is 4.40 Å². The summed E-state index contributed by atoms with van der Waals surface area (Å²) in [5.41, 5.74) is 2.76. The Kier molecular flexibility index (Phi) is 4.10. The summed E-state index contributed by atoms with van der Waals surface area (Å²) in [6, 6.07) is 7.89. The minimum absolute atomic E-state index is 0.00355. The van der Waals surface area contributed by atoms with E-state index in [-0.39, 0.29) is 12.4 Å². The molecule has 0 radical (unpaired) electrons. The molecule has 0 unspecified atom stereocenters. The highest BCUT2D eigenvalue weighted by Crippen LogP contribution is 2.32. The van der Waals surface area contributed by atoms with Crippen molar-refractivity contribution in [3.8, 4) is 22.6 Å². The fourth-order valence-corrected chi connectivity index (χ4v) is 2.75. The van der Waals surface area contributed by atoms with Gasteiger partial charge in [-0.05, 0) is 30.3 Å². The molecule has 0 saturated carbocycles. The minimum Gasteiger partial charge on any atom is -0.432 e. The van der Waals surface area contributed by atoms with Crippen molar-refractivity contribution in [1.29, 1.82) is 0 Å². The number of aliphatic hydroxyl groups is 1. The van der Waals surface area contributed by atoms with Crippen molar-refractivity contribution in [3.63, 3.8) is 0 Å². The van der Waals surface area contributed by atoms with Crippen LogP contribution < -0.4 is 4.90 Å². The highest BCUT2D eigenvalue weighted by atomic mass is 19.1. The lowest BCUT2D eigenvalue weighted by Gasteiger charge is -2.15. The van der Waals surface area contributed by atoms with E-state index in [0.717, 1.165) is 11.3 Å². The van der Waals surface area contributed by atoms with Crippen LogP contribution in [-0.4, -0.2) is 44.7 Å². The van der Waals surface area contributed by atoms with E-state index in [9.17, 15) is 4.39 Å². The van der Waals surface area contributed by atoms with E-state index in [1.807, 2.05) is 0 Å². The Morgan fingerprint density at radius 2 is 2.00 bits per heavy atom. The summed E-state index contributed by atoms with van der Waals surface area (Å²) in [7, 11) is 1.81. The minimum atomic E-state index is -0.312. The van der Waals surface area contributed by atoms with Crippen LogP contribution in [0.5, 0.6) is 0 Å². The summed E-state index contributed by atoms with van der Waals surface area (Å²) in [4.78, 5) is 15.1. The third kappa shape index (κ3) is 2.80. The average Bonchev–Trinajstić information content (AvgIpc) is 3.23. The van der Waals surface area contributed by atoms with E-state index in [1.54, 1.807) is 53.2 Å². The molecule has 0 spiro atoms. The maximum atomic E-state index is 13.3. The van der Waals surface area contributed by atoms with Crippen molar-refractivity contribution < 1.29 is 13.9 Å². The van der Waals surface area contributed by atoms with Crippen molar-refractivity contribution in [2.24, 2.45) is 0 Å². The number of nitrogens with zero attached hydrogens (tertiary/aromatic N) is 5. The van der Waals surface area contributed by atoms with Gasteiger partial charge in [-0.25, -0.2) is 14.4 Å². The van der Waals surface area contributed by atoms with Gasteiger partial charge in [0, 0.05) is 31.5 Å². The molecule has 0 fully saturated rings. The first-order valence-corrected chi connectivity index (χ1v) is 8.04. The SMILES string of the molecule is CN(CCO)c1nccc(-c2c(-c3ccc(F)cc3)nc3occn23)n1. The largest absolute Gasteiger partial charge is 0.432 e. The second kappa shape index (κ2) is 6.57. The molecule has 0 amide bonds. The van der Waals surface area contributed by atoms with Crippen molar-refractivity contribution in [2.75, 3.05) is 25.1 Å². The zero-order chi connectivity index (χ0) is 18.1. The number of likely N-dealkylation sites (N-methyl/N-ethyl adjacent to an activating group) is 1. The van der Waals surface area contributed by atoms with Crippen LogP contribution in [0.15, 0.2) is 53.4 Å². The van der Waals surface area contributed by atoms with Crippen LogP contribution in [0.2, 0.25) is 0 Å². The molecule has 4 aromatic rings. The molecule has 0 aliphatic heterocycles. The Balaban J connectivity index is 1.88. The first-order valence-electron chi connectivity index (χ1n) is 8.04. The molecule has 0 bridgehead atoms.